The molecule has 0 amide bonds. The molecule has 2 aliphatic rings. The molecule has 0 unspecified atom stereocenters. The maximum absolute atomic E-state index is 14.3. The van der Waals surface area contributed by atoms with Gasteiger partial charge in [0.2, 0.25) is 5.95 Å². The van der Waals surface area contributed by atoms with Gasteiger partial charge in [-0.05, 0) is 49.9 Å². The van der Waals surface area contributed by atoms with Gasteiger partial charge in [0, 0.05) is 18.0 Å². The quantitative estimate of drug-likeness (QED) is 0.512. The van der Waals surface area contributed by atoms with Crippen molar-refractivity contribution in [3.8, 4) is 23.0 Å². The average Bonchev–Trinajstić information content (AvgIpc) is 3.15. The van der Waals surface area contributed by atoms with E-state index in [1.54, 1.807) is 36.7 Å². The zero-order chi connectivity index (χ0) is 20.1. The first-order valence-electron chi connectivity index (χ1n) is 9.89. The van der Waals surface area contributed by atoms with Gasteiger partial charge in [-0.3, -0.25) is 4.57 Å². The van der Waals surface area contributed by atoms with Crippen LogP contribution < -0.4 is 4.74 Å². The Kier molecular flexibility index (Phi) is 4.15. The molecule has 1 aliphatic carbocycles. The van der Waals surface area contributed by atoms with Crippen molar-refractivity contribution in [1.82, 2.24) is 14.5 Å². The first kappa shape index (κ1) is 18.2. The largest absolute Gasteiger partial charge is 0.482 e. The molecular formula is C22H20F3N3O. The number of para-hydroxylation sites is 1. The Morgan fingerprint density at radius 1 is 0.897 bits per heavy atom. The van der Waals surface area contributed by atoms with Gasteiger partial charge in [-0.2, -0.15) is 13.2 Å². The molecule has 3 aromatic rings. The molecule has 1 aliphatic heterocycles. The summed E-state index contributed by atoms with van der Waals surface area (Å²) >= 11 is 0. The number of benzene rings is 1. The third-order valence-electron chi connectivity index (χ3n) is 5.82. The minimum Gasteiger partial charge on any atom is -0.482 e. The fourth-order valence-electron chi connectivity index (χ4n) is 4.53. The van der Waals surface area contributed by atoms with Crippen LogP contribution in [0, 0.1) is 0 Å². The van der Waals surface area contributed by atoms with Gasteiger partial charge in [0.05, 0.1) is 11.3 Å². The standard InChI is InChI=1S/C22H20F3N3O/c23-22(24,25)19-17-18(26-20(27-19)28-13-7-8-14-28)15-9-3-4-10-16(15)29-21(17)11-5-1-2-6-12-21/h3-4,7-10,13-14H,1-2,5-6,11-12H2. The molecule has 1 saturated carbocycles. The number of halogens is 3. The lowest BCUT2D eigenvalue weighted by atomic mass is 9.80. The van der Waals surface area contributed by atoms with Gasteiger partial charge < -0.3 is 4.74 Å². The Morgan fingerprint density at radius 2 is 1.59 bits per heavy atom. The van der Waals surface area contributed by atoms with E-state index in [1.165, 1.54) is 4.57 Å². The van der Waals surface area contributed by atoms with E-state index >= 15 is 0 Å². The number of ether oxygens (including phenoxy) is 1. The molecule has 1 aromatic carbocycles. The topological polar surface area (TPSA) is 39.9 Å². The number of nitrogens with zero attached hydrogens (tertiary/aromatic N) is 3. The lowest BCUT2D eigenvalue weighted by Gasteiger charge is -2.40. The molecule has 3 heterocycles. The molecule has 29 heavy (non-hydrogen) atoms. The first-order valence-corrected chi connectivity index (χ1v) is 9.89. The van der Waals surface area contributed by atoms with Crippen molar-refractivity contribution in [1.29, 1.82) is 0 Å². The number of fused-ring (bicyclic) bond motifs is 4. The Hall–Kier alpha value is -2.83. The van der Waals surface area contributed by atoms with Gasteiger partial charge in [-0.15, -0.1) is 0 Å². The maximum atomic E-state index is 14.3. The Balaban J connectivity index is 1.84. The van der Waals surface area contributed by atoms with Crippen LogP contribution in [0.1, 0.15) is 49.8 Å². The molecule has 1 fully saturated rings. The second-order valence-corrected chi connectivity index (χ2v) is 7.69. The molecule has 0 saturated heterocycles. The molecule has 1 spiro atoms. The van der Waals surface area contributed by atoms with Gasteiger partial charge in [0.15, 0.2) is 5.69 Å². The van der Waals surface area contributed by atoms with E-state index in [0.29, 0.717) is 29.8 Å². The minimum atomic E-state index is -4.61. The number of alkyl halides is 3. The van der Waals surface area contributed by atoms with Gasteiger partial charge in [-0.1, -0.05) is 25.0 Å². The smallest absolute Gasteiger partial charge is 0.433 e. The lowest BCUT2D eigenvalue weighted by molar-refractivity contribution is -0.144. The second-order valence-electron chi connectivity index (χ2n) is 7.69. The highest BCUT2D eigenvalue weighted by molar-refractivity contribution is 5.74. The van der Waals surface area contributed by atoms with E-state index in [0.717, 1.165) is 25.7 Å². The summed E-state index contributed by atoms with van der Waals surface area (Å²) in [5.41, 5.74) is -0.914. The van der Waals surface area contributed by atoms with Crippen LogP contribution >= 0.6 is 0 Å². The summed E-state index contributed by atoms with van der Waals surface area (Å²) in [6, 6.07) is 10.7. The Bertz CT molecular complexity index is 1040. The molecule has 150 valence electrons. The van der Waals surface area contributed by atoms with Crippen molar-refractivity contribution >= 4 is 0 Å². The monoisotopic (exact) mass is 399 g/mol. The lowest BCUT2D eigenvalue weighted by Crippen LogP contribution is -2.39. The van der Waals surface area contributed by atoms with Crippen LogP contribution in [-0.2, 0) is 11.8 Å². The third-order valence-corrected chi connectivity index (χ3v) is 5.82. The molecule has 7 heteroatoms. The molecule has 0 N–H and O–H groups in total. The van der Waals surface area contributed by atoms with E-state index in [4.69, 9.17) is 4.74 Å². The highest BCUT2D eigenvalue weighted by Gasteiger charge is 2.50. The Morgan fingerprint density at radius 3 is 2.28 bits per heavy atom. The third kappa shape index (κ3) is 2.99. The van der Waals surface area contributed by atoms with Crippen molar-refractivity contribution in [2.75, 3.05) is 0 Å². The van der Waals surface area contributed by atoms with Crippen molar-refractivity contribution in [3.05, 3.63) is 60.0 Å². The second kappa shape index (κ2) is 6.61. The van der Waals surface area contributed by atoms with E-state index in [2.05, 4.69) is 9.97 Å². The van der Waals surface area contributed by atoms with E-state index in [1.807, 2.05) is 12.1 Å². The van der Waals surface area contributed by atoms with Crippen LogP contribution in [0.15, 0.2) is 48.8 Å². The Labute approximate surface area is 166 Å². The van der Waals surface area contributed by atoms with Crippen LogP contribution in [0.25, 0.3) is 17.2 Å². The maximum Gasteiger partial charge on any atom is 0.433 e. The zero-order valence-electron chi connectivity index (χ0n) is 15.7. The highest BCUT2D eigenvalue weighted by Crippen LogP contribution is 2.53. The summed E-state index contributed by atoms with van der Waals surface area (Å²) in [5.74, 6) is 0.605. The molecule has 0 atom stereocenters. The summed E-state index contributed by atoms with van der Waals surface area (Å²) in [6.45, 7) is 0. The van der Waals surface area contributed by atoms with Crippen molar-refractivity contribution < 1.29 is 17.9 Å². The number of rotatable bonds is 1. The van der Waals surface area contributed by atoms with Crippen LogP contribution in [-0.4, -0.2) is 14.5 Å². The normalized spacial score (nSPS) is 17.9. The van der Waals surface area contributed by atoms with Crippen LogP contribution in [0.3, 0.4) is 0 Å². The van der Waals surface area contributed by atoms with E-state index < -0.39 is 17.5 Å². The fourth-order valence-corrected chi connectivity index (χ4v) is 4.53. The van der Waals surface area contributed by atoms with Crippen molar-refractivity contribution in [2.45, 2.75) is 50.3 Å². The van der Waals surface area contributed by atoms with Gasteiger partial charge in [0.25, 0.3) is 0 Å². The van der Waals surface area contributed by atoms with Crippen LogP contribution in [0.4, 0.5) is 13.2 Å². The minimum absolute atomic E-state index is 0.0153. The predicted molar refractivity (Wildman–Crippen MR) is 102 cm³/mol. The van der Waals surface area contributed by atoms with Gasteiger partial charge >= 0.3 is 6.18 Å². The summed E-state index contributed by atoms with van der Waals surface area (Å²) in [6.07, 6.45) is 3.37. The average molecular weight is 399 g/mol. The SMILES string of the molecule is FC(F)(F)c1nc(-n2cccc2)nc2c1C1(CCCCCC1)Oc1ccccc1-2. The van der Waals surface area contributed by atoms with Gasteiger partial charge in [-0.25, -0.2) is 9.97 Å². The summed E-state index contributed by atoms with van der Waals surface area (Å²) in [7, 11) is 0. The van der Waals surface area contributed by atoms with Crippen molar-refractivity contribution in [2.24, 2.45) is 0 Å². The molecule has 4 nitrogen and oxygen atoms in total. The fraction of sp³-hybridized carbons (Fsp3) is 0.364. The van der Waals surface area contributed by atoms with Crippen LogP contribution in [0.2, 0.25) is 0 Å². The van der Waals surface area contributed by atoms with E-state index in [-0.39, 0.29) is 11.5 Å². The van der Waals surface area contributed by atoms with Crippen molar-refractivity contribution in [3.63, 3.8) is 0 Å². The van der Waals surface area contributed by atoms with E-state index in [9.17, 15) is 13.2 Å². The number of hydrogen-bond acceptors (Lipinski definition) is 3. The highest BCUT2D eigenvalue weighted by atomic mass is 19.4. The molecular weight excluding hydrogens is 379 g/mol. The molecule has 0 bridgehead atoms. The summed E-state index contributed by atoms with van der Waals surface area (Å²) < 4.78 is 50.6. The number of hydrogen-bond donors (Lipinski definition) is 0. The number of aromatic nitrogens is 3. The molecule has 5 rings (SSSR count). The first-order chi connectivity index (χ1) is 14.0. The predicted octanol–water partition coefficient (Wildman–Crippen LogP) is 5.90. The molecule has 0 radical (unpaired) electrons. The van der Waals surface area contributed by atoms with Gasteiger partial charge in [0.1, 0.15) is 11.4 Å². The van der Waals surface area contributed by atoms with Crippen LogP contribution in [0.5, 0.6) is 5.75 Å². The summed E-state index contributed by atoms with van der Waals surface area (Å²) in [5, 5.41) is 0. The molecule has 2 aromatic heterocycles. The summed E-state index contributed by atoms with van der Waals surface area (Å²) in [4.78, 5) is 8.62. The zero-order valence-corrected chi connectivity index (χ0v) is 15.7.